The molecule has 0 aromatic heterocycles. The van der Waals surface area contributed by atoms with Crippen LogP contribution >= 0.6 is 0 Å². The minimum absolute atomic E-state index is 0.0465. The summed E-state index contributed by atoms with van der Waals surface area (Å²) in [5.74, 6) is -0.0465. The predicted octanol–water partition coefficient (Wildman–Crippen LogP) is 6.74. The van der Waals surface area contributed by atoms with Gasteiger partial charge in [0.15, 0.2) is 0 Å². The molecule has 34 heavy (non-hydrogen) atoms. The lowest BCUT2D eigenvalue weighted by atomic mass is 9.86. The summed E-state index contributed by atoms with van der Waals surface area (Å²) in [6.07, 6.45) is 11.1. The summed E-state index contributed by atoms with van der Waals surface area (Å²) in [6, 6.07) is 25.5. The fourth-order valence-corrected chi connectivity index (χ4v) is 4.92. The maximum Gasteiger partial charge on any atom is 0.221 e. The van der Waals surface area contributed by atoms with Crippen LogP contribution in [0.4, 0.5) is 5.69 Å². The molecule has 3 aromatic rings. The Labute approximate surface area is 202 Å². The maximum absolute atomic E-state index is 11.2. The molecule has 3 nitrogen and oxygen atoms in total. The highest BCUT2D eigenvalue weighted by molar-refractivity contribution is 5.95. The van der Waals surface area contributed by atoms with Crippen LogP contribution in [0.2, 0.25) is 0 Å². The highest BCUT2D eigenvalue weighted by Gasteiger charge is 2.22. The molecule has 1 amide bonds. The van der Waals surface area contributed by atoms with Gasteiger partial charge in [-0.3, -0.25) is 9.69 Å². The van der Waals surface area contributed by atoms with E-state index in [9.17, 15) is 4.79 Å². The molecular weight excluding hydrogens is 416 g/mol. The van der Waals surface area contributed by atoms with Gasteiger partial charge in [0.2, 0.25) is 5.91 Å². The second-order valence-electron chi connectivity index (χ2n) is 8.99. The topological polar surface area (TPSA) is 32.3 Å². The molecule has 0 atom stereocenters. The number of carbonyl (C=O) groups excluding carboxylic acids is 1. The molecule has 1 aliphatic heterocycles. The number of likely N-dealkylation sites (tertiary alicyclic amines) is 1. The SMILES string of the molecule is CC(=O)Nc1ccc(C=CCN2CCC(=C3c4ccccc4C=Cc4ccccc43)CC2)cc1. The number of nitrogens with one attached hydrogen (secondary N) is 1. The van der Waals surface area contributed by atoms with Crippen molar-refractivity contribution in [2.45, 2.75) is 19.8 Å². The van der Waals surface area contributed by atoms with E-state index in [0.717, 1.165) is 43.7 Å². The van der Waals surface area contributed by atoms with E-state index in [2.05, 4.69) is 83.1 Å². The zero-order chi connectivity index (χ0) is 23.3. The van der Waals surface area contributed by atoms with Crippen molar-refractivity contribution in [1.82, 2.24) is 4.90 Å². The van der Waals surface area contributed by atoms with Crippen molar-refractivity contribution in [3.05, 3.63) is 112 Å². The average Bonchev–Trinajstić information content (AvgIpc) is 3.02. The van der Waals surface area contributed by atoms with Crippen molar-refractivity contribution in [3.63, 3.8) is 0 Å². The summed E-state index contributed by atoms with van der Waals surface area (Å²) in [5, 5.41) is 2.81. The highest BCUT2D eigenvalue weighted by atomic mass is 16.1. The fraction of sp³-hybridized carbons (Fsp3) is 0.194. The number of carbonyl (C=O) groups is 1. The standard InChI is InChI=1S/C31H30N2O/c1-23(34)32-28-16-12-24(13-17-28)7-6-20-33-21-18-27(19-22-33)31-29-10-4-2-8-25(29)14-15-26-9-3-5-11-30(26)31/h2-17H,18-22H2,1H3,(H,32,34). The van der Waals surface area contributed by atoms with Crippen molar-refractivity contribution >= 4 is 35.4 Å². The van der Waals surface area contributed by atoms with Crippen LogP contribution < -0.4 is 5.32 Å². The molecule has 2 aliphatic rings. The van der Waals surface area contributed by atoms with Gasteiger partial charge in [0.1, 0.15) is 0 Å². The minimum atomic E-state index is -0.0465. The molecule has 1 N–H and O–H groups in total. The van der Waals surface area contributed by atoms with Crippen molar-refractivity contribution in [2.24, 2.45) is 0 Å². The highest BCUT2D eigenvalue weighted by Crippen LogP contribution is 2.38. The van der Waals surface area contributed by atoms with Gasteiger partial charge in [0, 0.05) is 32.2 Å². The van der Waals surface area contributed by atoms with E-state index in [1.54, 1.807) is 5.57 Å². The molecule has 0 radical (unpaired) electrons. The smallest absolute Gasteiger partial charge is 0.221 e. The first kappa shape index (κ1) is 22.1. The van der Waals surface area contributed by atoms with E-state index in [4.69, 9.17) is 0 Å². The van der Waals surface area contributed by atoms with E-state index in [0.29, 0.717) is 0 Å². The lowest BCUT2D eigenvalue weighted by molar-refractivity contribution is -0.114. The van der Waals surface area contributed by atoms with E-state index in [1.165, 1.54) is 34.8 Å². The van der Waals surface area contributed by atoms with E-state index in [-0.39, 0.29) is 5.91 Å². The monoisotopic (exact) mass is 446 g/mol. The molecule has 5 rings (SSSR count). The average molecular weight is 447 g/mol. The Morgan fingerprint density at radius 3 is 2.03 bits per heavy atom. The molecule has 0 bridgehead atoms. The van der Waals surface area contributed by atoms with Gasteiger partial charge in [-0.1, -0.05) is 90.5 Å². The molecule has 0 spiro atoms. The van der Waals surface area contributed by atoms with Gasteiger partial charge in [0.25, 0.3) is 0 Å². The number of hydrogen-bond acceptors (Lipinski definition) is 2. The van der Waals surface area contributed by atoms with Gasteiger partial charge < -0.3 is 5.32 Å². The van der Waals surface area contributed by atoms with Crippen molar-refractivity contribution in [2.75, 3.05) is 25.0 Å². The molecule has 1 saturated heterocycles. The Balaban J connectivity index is 1.29. The summed E-state index contributed by atoms with van der Waals surface area (Å²) in [7, 11) is 0. The number of nitrogens with zero attached hydrogens (tertiary/aromatic N) is 1. The second kappa shape index (κ2) is 10.1. The summed E-state index contributed by atoms with van der Waals surface area (Å²) < 4.78 is 0. The van der Waals surface area contributed by atoms with E-state index < -0.39 is 0 Å². The zero-order valence-electron chi connectivity index (χ0n) is 19.6. The van der Waals surface area contributed by atoms with Crippen LogP contribution in [0, 0.1) is 0 Å². The summed E-state index contributed by atoms with van der Waals surface area (Å²) in [4.78, 5) is 13.7. The lowest BCUT2D eigenvalue weighted by Crippen LogP contribution is -2.31. The Morgan fingerprint density at radius 2 is 1.44 bits per heavy atom. The van der Waals surface area contributed by atoms with Crippen LogP contribution in [-0.4, -0.2) is 30.4 Å². The summed E-state index contributed by atoms with van der Waals surface area (Å²) in [6.45, 7) is 4.62. The number of piperidine rings is 1. The van der Waals surface area contributed by atoms with Gasteiger partial charge in [-0.05, 0) is 58.4 Å². The third-order valence-corrected chi connectivity index (χ3v) is 6.62. The Hall–Kier alpha value is -3.69. The number of benzene rings is 3. The van der Waals surface area contributed by atoms with Gasteiger partial charge in [-0.2, -0.15) is 0 Å². The quantitative estimate of drug-likeness (QED) is 0.376. The molecule has 3 aromatic carbocycles. The summed E-state index contributed by atoms with van der Waals surface area (Å²) in [5.41, 5.74) is 10.3. The van der Waals surface area contributed by atoms with Crippen LogP contribution in [0.3, 0.4) is 0 Å². The summed E-state index contributed by atoms with van der Waals surface area (Å²) >= 11 is 0. The normalized spacial score (nSPS) is 15.7. The van der Waals surface area contributed by atoms with Gasteiger partial charge >= 0.3 is 0 Å². The Morgan fingerprint density at radius 1 is 0.853 bits per heavy atom. The zero-order valence-corrected chi connectivity index (χ0v) is 19.6. The van der Waals surface area contributed by atoms with E-state index >= 15 is 0 Å². The first-order valence-corrected chi connectivity index (χ1v) is 12.0. The number of anilines is 1. The van der Waals surface area contributed by atoms with Crippen LogP contribution in [0.1, 0.15) is 47.6 Å². The predicted molar refractivity (Wildman–Crippen MR) is 143 cm³/mol. The lowest BCUT2D eigenvalue weighted by Gasteiger charge is -2.29. The number of hydrogen-bond donors (Lipinski definition) is 1. The van der Waals surface area contributed by atoms with Gasteiger partial charge in [-0.25, -0.2) is 0 Å². The molecule has 1 heterocycles. The number of rotatable bonds is 4. The molecule has 170 valence electrons. The van der Waals surface area contributed by atoms with Gasteiger partial charge in [-0.15, -0.1) is 0 Å². The third kappa shape index (κ3) is 4.95. The largest absolute Gasteiger partial charge is 0.326 e. The van der Waals surface area contributed by atoms with Crippen LogP contribution in [0.15, 0.2) is 84.4 Å². The number of fused-ring (bicyclic) bond motifs is 2. The van der Waals surface area contributed by atoms with Crippen molar-refractivity contribution in [1.29, 1.82) is 0 Å². The van der Waals surface area contributed by atoms with Crippen LogP contribution in [-0.2, 0) is 4.79 Å². The molecule has 1 aliphatic carbocycles. The van der Waals surface area contributed by atoms with Gasteiger partial charge in [0.05, 0.1) is 0 Å². The third-order valence-electron chi connectivity index (χ3n) is 6.62. The Kier molecular flexibility index (Phi) is 6.55. The minimum Gasteiger partial charge on any atom is -0.326 e. The van der Waals surface area contributed by atoms with Crippen molar-refractivity contribution in [3.8, 4) is 0 Å². The van der Waals surface area contributed by atoms with Crippen LogP contribution in [0.5, 0.6) is 0 Å². The van der Waals surface area contributed by atoms with E-state index in [1.807, 2.05) is 24.3 Å². The maximum atomic E-state index is 11.2. The van der Waals surface area contributed by atoms with Crippen molar-refractivity contribution < 1.29 is 4.79 Å². The first-order valence-electron chi connectivity index (χ1n) is 12.0. The molecule has 0 saturated carbocycles. The van der Waals surface area contributed by atoms with Crippen LogP contribution in [0.25, 0.3) is 23.8 Å². The molecular formula is C31H30N2O. The first-order chi connectivity index (χ1) is 16.7. The Bertz CT molecular complexity index is 1220. The fourth-order valence-electron chi connectivity index (χ4n) is 4.92. The molecule has 0 unspecified atom stereocenters. The molecule has 1 fully saturated rings. The second-order valence-corrected chi connectivity index (χ2v) is 8.99. The number of amides is 1. The molecule has 3 heteroatoms.